The largest absolute Gasteiger partial charge is 0.493 e. The maximum atomic E-state index is 12.9. The number of amides is 1. The van der Waals surface area contributed by atoms with Gasteiger partial charge in [-0.25, -0.2) is 0 Å². The van der Waals surface area contributed by atoms with Crippen molar-refractivity contribution in [2.24, 2.45) is 10.2 Å². The second-order valence-corrected chi connectivity index (χ2v) is 8.30. The minimum atomic E-state index is -0.556. The van der Waals surface area contributed by atoms with E-state index in [0.29, 0.717) is 11.3 Å². The van der Waals surface area contributed by atoms with Crippen LogP contribution in [0.3, 0.4) is 0 Å². The molecule has 8 nitrogen and oxygen atoms in total. The van der Waals surface area contributed by atoms with E-state index in [2.05, 4.69) is 24.1 Å². The van der Waals surface area contributed by atoms with E-state index in [9.17, 15) is 20.0 Å². The summed E-state index contributed by atoms with van der Waals surface area (Å²) in [4.78, 5) is 27.3. The van der Waals surface area contributed by atoms with E-state index in [-0.39, 0.29) is 34.6 Å². The van der Waals surface area contributed by atoms with Crippen LogP contribution in [0.25, 0.3) is 0 Å². The maximum Gasteiger partial charge on any atom is 0.271 e. The number of unbranched alkanes of at least 4 members (excludes halogenated alkanes) is 2. The quantitative estimate of drug-likeness (QED) is 0.462. The van der Waals surface area contributed by atoms with Gasteiger partial charge >= 0.3 is 0 Å². The van der Waals surface area contributed by atoms with Crippen LogP contribution >= 0.6 is 0 Å². The standard InChI is InChI=1S/C25H33N5O3/c1-6-8-14-29(15-9-7-2)23(31)19-10-12-20(13-11-19)27-28-22-18(5)21(16-26)24(32)30(17(3)4)25(22)33/h10-13,17,33H,6-9,14-15H2,1-5H3/b28-27+. The van der Waals surface area contributed by atoms with E-state index < -0.39 is 5.56 Å². The summed E-state index contributed by atoms with van der Waals surface area (Å²) in [5, 5.41) is 28.3. The number of carbonyl (C=O) groups excluding carboxylic acids is 1. The number of aromatic hydroxyl groups is 1. The highest BCUT2D eigenvalue weighted by Gasteiger charge is 2.21. The third-order valence-electron chi connectivity index (χ3n) is 5.46. The van der Waals surface area contributed by atoms with Gasteiger partial charge in [0.1, 0.15) is 11.6 Å². The molecule has 1 N–H and O–H groups in total. The summed E-state index contributed by atoms with van der Waals surface area (Å²) < 4.78 is 1.13. The second-order valence-electron chi connectivity index (χ2n) is 8.30. The number of azo groups is 1. The summed E-state index contributed by atoms with van der Waals surface area (Å²) >= 11 is 0. The van der Waals surface area contributed by atoms with Crippen molar-refractivity contribution in [1.29, 1.82) is 5.26 Å². The average molecular weight is 452 g/mol. The van der Waals surface area contributed by atoms with Crippen molar-refractivity contribution >= 4 is 17.3 Å². The summed E-state index contributed by atoms with van der Waals surface area (Å²) in [6.45, 7) is 10.7. The molecule has 176 valence electrons. The predicted octanol–water partition coefficient (Wildman–Crippen LogP) is 5.77. The van der Waals surface area contributed by atoms with Crippen LogP contribution in [-0.2, 0) is 0 Å². The first-order valence-corrected chi connectivity index (χ1v) is 11.5. The minimum Gasteiger partial charge on any atom is -0.493 e. The number of rotatable bonds is 10. The Morgan fingerprint density at radius 1 is 1.12 bits per heavy atom. The molecule has 0 fully saturated rings. The van der Waals surface area contributed by atoms with Gasteiger partial charge in [0.15, 0.2) is 5.69 Å². The molecule has 0 aliphatic carbocycles. The van der Waals surface area contributed by atoms with E-state index >= 15 is 0 Å². The van der Waals surface area contributed by atoms with Gasteiger partial charge < -0.3 is 10.0 Å². The van der Waals surface area contributed by atoms with Crippen molar-refractivity contribution in [3.05, 3.63) is 51.3 Å². The summed E-state index contributed by atoms with van der Waals surface area (Å²) in [6.07, 6.45) is 3.99. The van der Waals surface area contributed by atoms with Gasteiger partial charge in [0.05, 0.1) is 5.69 Å². The lowest BCUT2D eigenvalue weighted by Gasteiger charge is -2.22. The van der Waals surface area contributed by atoms with Gasteiger partial charge in [0.2, 0.25) is 5.88 Å². The molecule has 1 aromatic heterocycles. The third-order valence-corrected chi connectivity index (χ3v) is 5.46. The van der Waals surface area contributed by atoms with Gasteiger partial charge in [0.25, 0.3) is 11.5 Å². The van der Waals surface area contributed by atoms with Crippen LogP contribution in [-0.4, -0.2) is 33.6 Å². The predicted molar refractivity (Wildman–Crippen MR) is 129 cm³/mol. The fourth-order valence-electron chi connectivity index (χ4n) is 3.48. The third kappa shape index (κ3) is 6.07. The van der Waals surface area contributed by atoms with Gasteiger partial charge in [-0.05, 0) is 57.9 Å². The number of hydrogen-bond acceptors (Lipinski definition) is 6. The van der Waals surface area contributed by atoms with Crippen LogP contribution < -0.4 is 5.56 Å². The zero-order valence-corrected chi connectivity index (χ0v) is 20.1. The van der Waals surface area contributed by atoms with Gasteiger partial charge in [-0.2, -0.15) is 10.4 Å². The van der Waals surface area contributed by atoms with Gasteiger partial charge in [0, 0.05) is 30.3 Å². The minimum absolute atomic E-state index is 0.00319. The van der Waals surface area contributed by atoms with Crippen molar-refractivity contribution in [3.63, 3.8) is 0 Å². The molecule has 0 atom stereocenters. The molecule has 0 spiro atoms. The molecule has 0 aliphatic rings. The first-order valence-electron chi connectivity index (χ1n) is 11.5. The summed E-state index contributed by atoms with van der Waals surface area (Å²) in [5.74, 6) is -0.332. The SMILES string of the molecule is CCCCN(CCCC)C(=O)c1ccc(/N=N/c2c(C)c(C#N)c(=O)n(C(C)C)c2O)cc1. The van der Waals surface area contributed by atoms with Crippen molar-refractivity contribution in [3.8, 4) is 11.9 Å². The number of hydrogen-bond donors (Lipinski definition) is 1. The Hall–Kier alpha value is -3.47. The van der Waals surface area contributed by atoms with Crippen LogP contribution in [0.1, 0.15) is 80.9 Å². The molecule has 33 heavy (non-hydrogen) atoms. The maximum absolute atomic E-state index is 12.9. The van der Waals surface area contributed by atoms with Gasteiger partial charge in [-0.1, -0.05) is 26.7 Å². The highest BCUT2D eigenvalue weighted by molar-refractivity contribution is 5.94. The normalized spacial score (nSPS) is 11.2. The zero-order valence-electron chi connectivity index (χ0n) is 20.1. The molecule has 8 heteroatoms. The zero-order chi connectivity index (χ0) is 24.5. The molecule has 0 bridgehead atoms. The van der Waals surface area contributed by atoms with Crippen LogP contribution in [0.5, 0.6) is 5.88 Å². The lowest BCUT2D eigenvalue weighted by molar-refractivity contribution is 0.0751. The fraction of sp³-hybridized carbons (Fsp3) is 0.480. The molecule has 0 saturated heterocycles. The summed E-state index contributed by atoms with van der Waals surface area (Å²) in [7, 11) is 0. The molecule has 0 saturated carbocycles. The van der Waals surface area contributed by atoms with Crippen LogP contribution in [0.4, 0.5) is 11.4 Å². The van der Waals surface area contributed by atoms with Crippen molar-refractivity contribution in [2.75, 3.05) is 13.1 Å². The monoisotopic (exact) mass is 451 g/mol. The van der Waals surface area contributed by atoms with Crippen molar-refractivity contribution in [2.45, 2.75) is 66.3 Å². The highest BCUT2D eigenvalue weighted by atomic mass is 16.3. The number of nitriles is 1. The number of pyridine rings is 1. The highest BCUT2D eigenvalue weighted by Crippen LogP contribution is 2.33. The van der Waals surface area contributed by atoms with Crippen molar-refractivity contribution in [1.82, 2.24) is 9.47 Å². The molecule has 0 aliphatic heterocycles. The Morgan fingerprint density at radius 2 is 1.70 bits per heavy atom. The molecule has 2 aromatic rings. The Labute approximate surface area is 195 Å². The van der Waals surface area contributed by atoms with E-state index in [1.54, 1.807) is 45.0 Å². The van der Waals surface area contributed by atoms with Crippen LogP contribution in [0.2, 0.25) is 0 Å². The van der Waals surface area contributed by atoms with Crippen LogP contribution in [0, 0.1) is 18.3 Å². The molecular weight excluding hydrogens is 418 g/mol. The van der Waals surface area contributed by atoms with Crippen LogP contribution in [0.15, 0.2) is 39.3 Å². The fourth-order valence-corrected chi connectivity index (χ4v) is 3.48. The molecule has 0 unspecified atom stereocenters. The number of aromatic nitrogens is 1. The average Bonchev–Trinajstić information content (AvgIpc) is 2.79. The van der Waals surface area contributed by atoms with E-state index in [0.717, 1.165) is 43.3 Å². The van der Waals surface area contributed by atoms with E-state index in [4.69, 9.17) is 0 Å². The number of nitrogens with zero attached hydrogens (tertiary/aromatic N) is 5. The van der Waals surface area contributed by atoms with E-state index in [1.807, 2.05) is 11.0 Å². The Kier molecular flexibility index (Phi) is 9.34. The first kappa shape index (κ1) is 25.8. The van der Waals surface area contributed by atoms with Gasteiger partial charge in [-0.15, -0.1) is 5.11 Å². The van der Waals surface area contributed by atoms with Gasteiger partial charge in [-0.3, -0.25) is 14.2 Å². The van der Waals surface area contributed by atoms with Crippen molar-refractivity contribution < 1.29 is 9.90 Å². The lowest BCUT2D eigenvalue weighted by Crippen LogP contribution is -2.32. The van der Waals surface area contributed by atoms with E-state index in [1.165, 1.54) is 0 Å². The topological polar surface area (TPSA) is 111 Å². The number of benzene rings is 1. The molecule has 2 rings (SSSR count). The molecule has 1 aromatic carbocycles. The molecule has 1 amide bonds. The summed E-state index contributed by atoms with van der Waals surface area (Å²) in [6, 6.07) is 8.34. The lowest BCUT2D eigenvalue weighted by atomic mass is 10.1. The molecule has 0 radical (unpaired) electrons. The smallest absolute Gasteiger partial charge is 0.271 e. The molecule has 1 heterocycles. The Morgan fingerprint density at radius 3 is 2.18 bits per heavy atom. The second kappa shape index (κ2) is 12.0. The Bertz CT molecular complexity index is 1090. The Balaban J connectivity index is 2.32. The molecular formula is C25H33N5O3. The summed E-state index contributed by atoms with van der Waals surface area (Å²) in [5.41, 5.74) is 0.788. The number of carbonyl (C=O) groups is 1. The first-order chi connectivity index (χ1) is 15.8.